The van der Waals surface area contributed by atoms with Crippen LogP contribution in [0.1, 0.15) is 57.3 Å². The standard InChI is InChI=1S/C26H27N3O3/c1-17(2)29-15-22(25(31)27-14-18-8-4-3-5-9-18)24(30)23(16-29)26(32)28-21-12-19-10-6-7-11-20(19)13-21/h3-11,15-17,21H,12-14H2,1-2H3,(H,27,31)(H,28,32). The minimum atomic E-state index is -0.555. The Morgan fingerprint density at radius 3 is 2.06 bits per heavy atom. The molecule has 4 rings (SSSR count). The number of hydrogen-bond donors (Lipinski definition) is 2. The highest BCUT2D eigenvalue weighted by Gasteiger charge is 2.25. The molecule has 1 aliphatic carbocycles. The highest BCUT2D eigenvalue weighted by Crippen LogP contribution is 2.21. The predicted octanol–water partition coefficient (Wildman–Crippen LogP) is 3.26. The Balaban J connectivity index is 1.55. The van der Waals surface area contributed by atoms with E-state index in [1.165, 1.54) is 17.3 Å². The van der Waals surface area contributed by atoms with Crippen LogP contribution in [0, 0.1) is 0 Å². The molecule has 0 saturated carbocycles. The molecule has 0 radical (unpaired) electrons. The van der Waals surface area contributed by atoms with Gasteiger partial charge in [-0.1, -0.05) is 54.6 Å². The summed E-state index contributed by atoms with van der Waals surface area (Å²) in [5, 5.41) is 5.78. The maximum absolute atomic E-state index is 13.1. The minimum Gasteiger partial charge on any atom is -0.350 e. The van der Waals surface area contributed by atoms with Crippen molar-refractivity contribution in [3.8, 4) is 0 Å². The molecular weight excluding hydrogens is 402 g/mol. The van der Waals surface area contributed by atoms with Crippen LogP contribution in [0.4, 0.5) is 0 Å². The van der Waals surface area contributed by atoms with E-state index in [4.69, 9.17) is 0 Å². The third kappa shape index (κ3) is 4.64. The smallest absolute Gasteiger partial charge is 0.257 e. The number of aromatic nitrogens is 1. The van der Waals surface area contributed by atoms with Crippen molar-refractivity contribution in [1.29, 1.82) is 0 Å². The van der Waals surface area contributed by atoms with Crippen molar-refractivity contribution in [2.24, 2.45) is 0 Å². The van der Waals surface area contributed by atoms with Gasteiger partial charge in [-0.15, -0.1) is 0 Å². The average Bonchev–Trinajstić information content (AvgIpc) is 3.20. The number of nitrogens with zero attached hydrogens (tertiary/aromatic N) is 1. The number of amides is 2. The largest absolute Gasteiger partial charge is 0.350 e. The van der Waals surface area contributed by atoms with Gasteiger partial charge in [0.15, 0.2) is 0 Å². The highest BCUT2D eigenvalue weighted by molar-refractivity contribution is 5.99. The Hall–Kier alpha value is -3.67. The third-order valence-corrected chi connectivity index (χ3v) is 5.81. The fourth-order valence-electron chi connectivity index (χ4n) is 4.02. The quantitative estimate of drug-likeness (QED) is 0.631. The molecule has 1 aliphatic rings. The van der Waals surface area contributed by atoms with Gasteiger partial charge in [-0.3, -0.25) is 14.4 Å². The molecule has 6 heteroatoms. The van der Waals surface area contributed by atoms with Crippen molar-refractivity contribution < 1.29 is 9.59 Å². The first-order chi connectivity index (χ1) is 15.4. The van der Waals surface area contributed by atoms with Gasteiger partial charge in [-0.05, 0) is 43.4 Å². The van der Waals surface area contributed by atoms with Crippen molar-refractivity contribution in [2.75, 3.05) is 0 Å². The molecule has 2 amide bonds. The summed E-state index contributed by atoms with van der Waals surface area (Å²) in [5.41, 5.74) is 2.76. The summed E-state index contributed by atoms with van der Waals surface area (Å²) in [6, 6.07) is 17.5. The zero-order chi connectivity index (χ0) is 22.7. The summed E-state index contributed by atoms with van der Waals surface area (Å²) in [6.45, 7) is 4.17. The maximum Gasteiger partial charge on any atom is 0.257 e. The molecule has 1 aromatic heterocycles. The summed E-state index contributed by atoms with van der Waals surface area (Å²) in [6.07, 6.45) is 4.53. The van der Waals surface area contributed by atoms with E-state index in [2.05, 4.69) is 22.8 Å². The van der Waals surface area contributed by atoms with Gasteiger partial charge in [0.1, 0.15) is 11.1 Å². The second-order valence-electron chi connectivity index (χ2n) is 8.47. The van der Waals surface area contributed by atoms with E-state index < -0.39 is 17.2 Å². The summed E-state index contributed by atoms with van der Waals surface area (Å²) < 4.78 is 1.73. The van der Waals surface area contributed by atoms with Gasteiger partial charge in [0.05, 0.1) is 0 Å². The molecule has 6 nitrogen and oxygen atoms in total. The molecule has 2 N–H and O–H groups in total. The van der Waals surface area contributed by atoms with E-state index in [1.807, 2.05) is 56.3 Å². The topological polar surface area (TPSA) is 80.2 Å². The number of hydrogen-bond acceptors (Lipinski definition) is 3. The number of nitrogens with one attached hydrogen (secondary N) is 2. The highest BCUT2D eigenvalue weighted by atomic mass is 16.2. The number of fused-ring (bicyclic) bond motifs is 1. The molecule has 3 aromatic rings. The van der Waals surface area contributed by atoms with E-state index in [0.717, 1.165) is 18.4 Å². The lowest BCUT2D eigenvalue weighted by atomic mass is 10.1. The fourth-order valence-corrected chi connectivity index (χ4v) is 4.02. The maximum atomic E-state index is 13.1. The second kappa shape index (κ2) is 9.22. The first kappa shape index (κ1) is 21.6. The van der Waals surface area contributed by atoms with Gasteiger partial charge in [0.2, 0.25) is 5.43 Å². The first-order valence-electron chi connectivity index (χ1n) is 10.9. The SMILES string of the molecule is CC(C)n1cc(C(=O)NCc2ccccc2)c(=O)c(C(=O)NC2Cc3ccccc3C2)c1. The van der Waals surface area contributed by atoms with Crippen LogP contribution in [0.3, 0.4) is 0 Å². The monoisotopic (exact) mass is 429 g/mol. The van der Waals surface area contributed by atoms with Crippen LogP contribution >= 0.6 is 0 Å². The van der Waals surface area contributed by atoms with E-state index in [9.17, 15) is 14.4 Å². The van der Waals surface area contributed by atoms with Crippen LogP contribution in [0.15, 0.2) is 71.8 Å². The lowest BCUT2D eigenvalue weighted by Gasteiger charge is -2.17. The Kier molecular flexibility index (Phi) is 6.21. The van der Waals surface area contributed by atoms with Gasteiger partial charge >= 0.3 is 0 Å². The van der Waals surface area contributed by atoms with Crippen LogP contribution in [0.2, 0.25) is 0 Å². The number of benzene rings is 2. The van der Waals surface area contributed by atoms with E-state index in [1.54, 1.807) is 10.8 Å². The molecular formula is C26H27N3O3. The van der Waals surface area contributed by atoms with Crippen molar-refractivity contribution in [1.82, 2.24) is 15.2 Å². The Bertz CT molecular complexity index is 1170. The molecule has 164 valence electrons. The fraction of sp³-hybridized carbons (Fsp3) is 0.269. The molecule has 0 atom stereocenters. The molecule has 1 heterocycles. The molecule has 0 bridgehead atoms. The zero-order valence-electron chi connectivity index (χ0n) is 18.3. The van der Waals surface area contributed by atoms with Crippen molar-refractivity contribution in [3.05, 3.63) is 105 Å². The van der Waals surface area contributed by atoms with Gasteiger partial charge in [0, 0.05) is 31.0 Å². The van der Waals surface area contributed by atoms with E-state index in [0.29, 0.717) is 6.54 Å². The van der Waals surface area contributed by atoms with Crippen LogP contribution in [-0.4, -0.2) is 22.4 Å². The summed E-state index contributed by atoms with van der Waals surface area (Å²) in [7, 11) is 0. The normalized spacial score (nSPS) is 13.1. The van der Waals surface area contributed by atoms with Crippen molar-refractivity contribution >= 4 is 11.8 Å². The molecule has 2 aromatic carbocycles. The van der Waals surface area contributed by atoms with Crippen LogP contribution in [0.25, 0.3) is 0 Å². The minimum absolute atomic E-state index is 0.0120. The Labute approximate surface area is 187 Å². The number of pyridine rings is 1. The Morgan fingerprint density at radius 1 is 0.906 bits per heavy atom. The first-order valence-corrected chi connectivity index (χ1v) is 10.9. The number of rotatable bonds is 6. The van der Waals surface area contributed by atoms with Crippen molar-refractivity contribution in [3.63, 3.8) is 0 Å². The summed E-state index contributed by atoms with van der Waals surface area (Å²) in [5.74, 6) is -0.934. The lowest BCUT2D eigenvalue weighted by Crippen LogP contribution is -2.40. The van der Waals surface area contributed by atoms with Gasteiger partial charge in [-0.25, -0.2) is 0 Å². The molecule has 0 fully saturated rings. The zero-order valence-corrected chi connectivity index (χ0v) is 18.3. The second-order valence-corrected chi connectivity index (χ2v) is 8.47. The van der Waals surface area contributed by atoms with Crippen LogP contribution in [-0.2, 0) is 19.4 Å². The summed E-state index contributed by atoms with van der Waals surface area (Å²) >= 11 is 0. The summed E-state index contributed by atoms with van der Waals surface area (Å²) in [4.78, 5) is 39.0. The Morgan fingerprint density at radius 2 is 1.47 bits per heavy atom. The van der Waals surface area contributed by atoms with Crippen molar-refractivity contribution in [2.45, 2.75) is 45.3 Å². The van der Waals surface area contributed by atoms with E-state index in [-0.39, 0.29) is 23.2 Å². The van der Waals surface area contributed by atoms with Gasteiger partial charge in [0.25, 0.3) is 11.8 Å². The lowest BCUT2D eigenvalue weighted by molar-refractivity contribution is 0.0936. The third-order valence-electron chi connectivity index (χ3n) is 5.81. The van der Waals surface area contributed by atoms with Gasteiger partial charge in [-0.2, -0.15) is 0 Å². The number of carbonyl (C=O) groups excluding carboxylic acids is 2. The van der Waals surface area contributed by atoms with Crippen LogP contribution in [0.5, 0.6) is 0 Å². The predicted molar refractivity (Wildman–Crippen MR) is 124 cm³/mol. The van der Waals surface area contributed by atoms with E-state index >= 15 is 0 Å². The van der Waals surface area contributed by atoms with Gasteiger partial charge < -0.3 is 15.2 Å². The number of carbonyl (C=O) groups is 2. The molecule has 0 saturated heterocycles. The van der Waals surface area contributed by atoms with Crippen LogP contribution < -0.4 is 16.1 Å². The molecule has 32 heavy (non-hydrogen) atoms. The molecule has 0 unspecified atom stereocenters. The average molecular weight is 430 g/mol. The molecule has 0 aliphatic heterocycles. The molecule has 0 spiro atoms.